The van der Waals surface area contributed by atoms with E-state index in [0.717, 1.165) is 8.26 Å². The van der Waals surface area contributed by atoms with Crippen LogP contribution in [0.15, 0.2) is 33.0 Å². The lowest BCUT2D eigenvalue weighted by Crippen LogP contribution is -2.07. The van der Waals surface area contributed by atoms with Gasteiger partial charge in [-0.2, -0.15) is 0 Å². The van der Waals surface area contributed by atoms with Gasteiger partial charge in [0, 0.05) is 16.9 Å². The summed E-state index contributed by atoms with van der Waals surface area (Å²) in [5, 5.41) is 0. The Hall–Kier alpha value is -0.460. The zero-order chi connectivity index (χ0) is 10.1. The molecule has 2 heterocycles. The minimum atomic E-state index is -0.0705. The highest BCUT2D eigenvalue weighted by molar-refractivity contribution is 9.13. The quantitative estimate of drug-likeness (QED) is 0.802. The molecule has 0 aromatic carbocycles. The normalized spacial score (nSPS) is 10.4. The summed E-state index contributed by atoms with van der Waals surface area (Å²) < 4.78 is 3.26. The Morgan fingerprint density at radius 2 is 2.29 bits per heavy atom. The Balaban J connectivity index is 2.37. The first kappa shape index (κ1) is 10.1. The van der Waals surface area contributed by atoms with E-state index in [1.807, 2.05) is 0 Å². The Kier molecular flexibility index (Phi) is 2.85. The Labute approximate surface area is 101 Å². The van der Waals surface area contributed by atoms with E-state index in [0.29, 0.717) is 4.88 Å². The molecule has 14 heavy (non-hydrogen) atoms. The molecule has 0 unspecified atom stereocenters. The first-order chi connectivity index (χ1) is 6.68. The summed E-state index contributed by atoms with van der Waals surface area (Å²) in [5.74, 6) is -0.0705. The maximum Gasteiger partial charge on any atom is 0.273 e. The molecule has 0 spiro atoms. The van der Waals surface area contributed by atoms with Crippen molar-refractivity contribution in [3.8, 4) is 0 Å². The molecule has 0 N–H and O–H groups in total. The van der Waals surface area contributed by atoms with Crippen molar-refractivity contribution in [2.45, 2.75) is 0 Å². The number of hydrogen-bond donors (Lipinski definition) is 0. The van der Waals surface area contributed by atoms with Crippen LogP contribution < -0.4 is 0 Å². The number of rotatable bonds is 1. The van der Waals surface area contributed by atoms with E-state index in [-0.39, 0.29) is 5.91 Å². The number of aromatic nitrogens is 2. The molecule has 0 aliphatic rings. The fraction of sp³-hybridized carbons (Fsp3) is 0. The molecule has 6 heteroatoms. The van der Waals surface area contributed by atoms with E-state index in [1.165, 1.54) is 22.2 Å². The van der Waals surface area contributed by atoms with Gasteiger partial charge in [-0.15, -0.1) is 11.3 Å². The van der Waals surface area contributed by atoms with Crippen molar-refractivity contribution in [1.29, 1.82) is 0 Å². The van der Waals surface area contributed by atoms with Gasteiger partial charge in [0.2, 0.25) is 0 Å². The highest BCUT2D eigenvalue weighted by Crippen LogP contribution is 2.32. The van der Waals surface area contributed by atoms with Crippen LogP contribution in [0.4, 0.5) is 0 Å². The molecule has 0 saturated heterocycles. The van der Waals surface area contributed by atoms with Gasteiger partial charge in [0.15, 0.2) is 0 Å². The summed E-state index contributed by atoms with van der Waals surface area (Å²) in [5.41, 5.74) is 0. The first-order valence-electron chi connectivity index (χ1n) is 3.66. The van der Waals surface area contributed by atoms with Crippen molar-refractivity contribution in [3.63, 3.8) is 0 Å². The maximum absolute atomic E-state index is 11.8. The molecule has 3 nitrogen and oxygen atoms in total. The van der Waals surface area contributed by atoms with Gasteiger partial charge in [0.1, 0.15) is 6.33 Å². The second-order valence-electron chi connectivity index (χ2n) is 2.51. The molecule has 2 rings (SSSR count). The van der Waals surface area contributed by atoms with Crippen molar-refractivity contribution < 1.29 is 4.79 Å². The predicted molar refractivity (Wildman–Crippen MR) is 61.7 cm³/mol. The van der Waals surface area contributed by atoms with Crippen LogP contribution in [0.1, 0.15) is 9.67 Å². The fourth-order valence-electron chi connectivity index (χ4n) is 0.958. The first-order valence-corrected chi connectivity index (χ1v) is 6.06. The van der Waals surface area contributed by atoms with E-state index in [1.54, 1.807) is 18.5 Å². The summed E-state index contributed by atoms with van der Waals surface area (Å²) in [7, 11) is 0. The van der Waals surface area contributed by atoms with Gasteiger partial charge in [-0.1, -0.05) is 0 Å². The molecule has 2 aromatic rings. The number of carbonyl (C=O) groups excluding carboxylic acids is 1. The molecular weight excluding hydrogens is 332 g/mol. The van der Waals surface area contributed by atoms with Gasteiger partial charge in [-0.3, -0.25) is 9.36 Å². The van der Waals surface area contributed by atoms with Crippen LogP contribution in [0.2, 0.25) is 0 Å². The standard InChI is InChI=1S/C8H4Br2N2OS/c9-5-3-6(14-7(5)10)8(13)12-2-1-11-4-12/h1-4H. The van der Waals surface area contributed by atoms with Crippen LogP contribution in [0.3, 0.4) is 0 Å². The van der Waals surface area contributed by atoms with Gasteiger partial charge in [0.05, 0.1) is 8.66 Å². The van der Waals surface area contributed by atoms with Crippen LogP contribution in [-0.2, 0) is 0 Å². The third-order valence-corrected chi connectivity index (χ3v) is 4.84. The highest BCUT2D eigenvalue weighted by Gasteiger charge is 2.12. The topological polar surface area (TPSA) is 34.9 Å². The number of hydrogen-bond acceptors (Lipinski definition) is 3. The zero-order valence-corrected chi connectivity index (χ0v) is 10.8. The van der Waals surface area contributed by atoms with Gasteiger partial charge in [-0.05, 0) is 37.9 Å². The minimum absolute atomic E-state index is 0.0705. The largest absolute Gasteiger partial charge is 0.273 e. The molecule has 0 radical (unpaired) electrons. The number of carbonyl (C=O) groups is 1. The summed E-state index contributed by atoms with van der Waals surface area (Å²) in [4.78, 5) is 16.3. The van der Waals surface area contributed by atoms with Crippen molar-refractivity contribution in [3.05, 3.63) is 37.9 Å². The molecule has 72 valence electrons. The van der Waals surface area contributed by atoms with Gasteiger partial charge >= 0.3 is 0 Å². The third-order valence-electron chi connectivity index (χ3n) is 1.59. The Morgan fingerprint density at radius 3 is 2.79 bits per heavy atom. The third kappa shape index (κ3) is 1.82. The van der Waals surface area contributed by atoms with Crippen molar-refractivity contribution in [1.82, 2.24) is 9.55 Å². The Bertz CT molecular complexity index is 444. The number of nitrogens with zero attached hydrogens (tertiary/aromatic N) is 2. The predicted octanol–water partition coefficient (Wildman–Crippen LogP) is 3.16. The van der Waals surface area contributed by atoms with Gasteiger partial charge in [0.25, 0.3) is 5.91 Å². The molecule has 0 atom stereocenters. The fourth-order valence-corrected chi connectivity index (χ4v) is 2.94. The van der Waals surface area contributed by atoms with E-state index in [2.05, 4.69) is 36.8 Å². The maximum atomic E-state index is 11.8. The average molecular weight is 336 g/mol. The van der Waals surface area contributed by atoms with E-state index >= 15 is 0 Å². The molecule has 0 saturated carbocycles. The summed E-state index contributed by atoms with van der Waals surface area (Å²) >= 11 is 8.07. The average Bonchev–Trinajstić information content (AvgIpc) is 2.76. The second kappa shape index (κ2) is 3.96. The van der Waals surface area contributed by atoms with E-state index in [9.17, 15) is 4.79 Å². The smallest absolute Gasteiger partial charge is 0.272 e. The summed E-state index contributed by atoms with van der Waals surface area (Å²) in [6.45, 7) is 0. The van der Waals surface area contributed by atoms with Crippen molar-refractivity contribution in [2.75, 3.05) is 0 Å². The van der Waals surface area contributed by atoms with Gasteiger partial charge in [-0.25, -0.2) is 4.98 Å². The number of thiophene rings is 1. The summed E-state index contributed by atoms with van der Waals surface area (Å²) in [6.07, 6.45) is 4.70. The molecule has 0 amide bonds. The van der Waals surface area contributed by atoms with Crippen LogP contribution in [0, 0.1) is 0 Å². The molecule has 0 aliphatic heterocycles. The highest BCUT2D eigenvalue weighted by atomic mass is 79.9. The monoisotopic (exact) mass is 334 g/mol. The van der Waals surface area contributed by atoms with Crippen molar-refractivity contribution >= 4 is 49.1 Å². The minimum Gasteiger partial charge on any atom is -0.272 e. The van der Waals surface area contributed by atoms with Gasteiger partial charge < -0.3 is 0 Å². The second-order valence-corrected chi connectivity index (χ2v) is 5.73. The molecule has 0 aliphatic carbocycles. The molecule has 0 fully saturated rings. The van der Waals surface area contributed by atoms with Crippen LogP contribution in [0.5, 0.6) is 0 Å². The lowest BCUT2D eigenvalue weighted by Gasteiger charge is -1.95. The molecule has 0 bridgehead atoms. The van der Waals surface area contributed by atoms with Crippen LogP contribution >= 0.6 is 43.2 Å². The zero-order valence-electron chi connectivity index (χ0n) is 6.78. The van der Waals surface area contributed by atoms with E-state index in [4.69, 9.17) is 0 Å². The Morgan fingerprint density at radius 1 is 1.50 bits per heavy atom. The summed E-state index contributed by atoms with van der Waals surface area (Å²) in [6, 6.07) is 1.79. The SMILES string of the molecule is O=C(c1cc(Br)c(Br)s1)n1ccnc1. The number of halogens is 2. The molecule has 2 aromatic heterocycles. The lowest BCUT2D eigenvalue weighted by molar-refractivity contribution is 0.0964. The number of imidazole rings is 1. The lowest BCUT2D eigenvalue weighted by atomic mass is 10.4. The molecular formula is C8H4Br2N2OS. The van der Waals surface area contributed by atoms with Crippen molar-refractivity contribution in [2.24, 2.45) is 0 Å². The van der Waals surface area contributed by atoms with Crippen LogP contribution in [-0.4, -0.2) is 15.5 Å². The van der Waals surface area contributed by atoms with Crippen LogP contribution in [0.25, 0.3) is 0 Å². The van der Waals surface area contributed by atoms with E-state index < -0.39 is 0 Å².